The van der Waals surface area contributed by atoms with E-state index in [1.807, 2.05) is 60.7 Å². The molecule has 0 bridgehead atoms. The van der Waals surface area contributed by atoms with E-state index < -0.39 is 13.2 Å². The van der Waals surface area contributed by atoms with E-state index >= 15 is 0 Å². The van der Waals surface area contributed by atoms with Crippen molar-refractivity contribution < 1.29 is 9.53 Å². The van der Waals surface area contributed by atoms with Crippen molar-refractivity contribution >= 4 is 35.4 Å². The van der Waals surface area contributed by atoms with Crippen LogP contribution in [0.4, 0.5) is 0 Å². The number of aliphatic imine (C=N–C) groups is 1. The molecule has 0 aliphatic rings. The molecule has 4 aromatic carbocycles. The van der Waals surface area contributed by atoms with Gasteiger partial charge in [0.2, 0.25) is 0 Å². The second-order valence-corrected chi connectivity index (χ2v) is 12.1. The molecular formula is C34H31NO2P+. The first kappa shape index (κ1) is 26.7. The van der Waals surface area contributed by atoms with Gasteiger partial charge in [0, 0.05) is 6.21 Å². The molecule has 0 radical (unpaired) electrons. The van der Waals surface area contributed by atoms with E-state index in [4.69, 9.17) is 4.74 Å². The number of methoxy groups -OCH3 is 1. The van der Waals surface area contributed by atoms with E-state index in [1.54, 1.807) is 12.3 Å². The lowest BCUT2D eigenvalue weighted by Crippen LogP contribution is -2.31. The van der Waals surface area contributed by atoms with Crippen LogP contribution in [0.15, 0.2) is 162 Å². The van der Waals surface area contributed by atoms with Gasteiger partial charge in [-0.3, -0.25) is 4.99 Å². The Kier molecular flexibility index (Phi) is 9.34. The Morgan fingerprint density at radius 2 is 1.21 bits per heavy atom. The molecule has 0 aliphatic heterocycles. The van der Waals surface area contributed by atoms with Gasteiger partial charge in [-0.15, -0.1) is 0 Å². The number of carbonyl (C=O) groups excluding carboxylic acids is 1. The quantitative estimate of drug-likeness (QED) is 0.0802. The maximum Gasteiger partial charge on any atom is 0.339 e. The number of carbonyl (C=O) groups is 1. The molecule has 4 aromatic rings. The van der Waals surface area contributed by atoms with Gasteiger partial charge >= 0.3 is 5.97 Å². The number of hydrogen-bond acceptors (Lipinski definition) is 3. The Bertz CT molecular complexity index is 1330. The zero-order valence-corrected chi connectivity index (χ0v) is 22.4. The zero-order chi connectivity index (χ0) is 26.6. The van der Waals surface area contributed by atoms with E-state index in [2.05, 4.69) is 84.4 Å². The minimum atomic E-state index is -2.26. The Balaban J connectivity index is 1.74. The van der Waals surface area contributed by atoms with Gasteiger partial charge in [-0.05, 0) is 54.1 Å². The average Bonchev–Trinajstić information content (AvgIpc) is 2.98. The first-order valence-corrected chi connectivity index (χ1v) is 14.2. The average molecular weight is 517 g/mol. The summed E-state index contributed by atoms with van der Waals surface area (Å²) < 4.78 is 5.00. The van der Waals surface area contributed by atoms with Crippen LogP contribution in [0.1, 0.15) is 5.56 Å². The standard InChI is InChI=1S/C34H31NO2P/c1-28(16-15-19-30(34(36)37-2)27-35-26-29-17-7-3-8-18-29)38(31-20-9-4-10-21-31,32-22-11-5-12-23-32)33-24-13-6-14-25-33/h3-25,27H,1,26H2,2H3/q+1/b16-15?,30-19+,35-27?. The molecule has 0 atom stereocenters. The second-order valence-electron chi connectivity index (χ2n) is 8.60. The van der Waals surface area contributed by atoms with Gasteiger partial charge in [0.05, 0.1) is 19.2 Å². The molecule has 0 aliphatic carbocycles. The van der Waals surface area contributed by atoms with Crippen molar-refractivity contribution in [3.63, 3.8) is 0 Å². The lowest BCUT2D eigenvalue weighted by molar-refractivity contribution is -0.135. The van der Waals surface area contributed by atoms with E-state index in [1.165, 1.54) is 23.0 Å². The number of hydrogen-bond donors (Lipinski definition) is 0. The third kappa shape index (κ3) is 6.14. The van der Waals surface area contributed by atoms with Crippen LogP contribution in [-0.4, -0.2) is 19.3 Å². The molecule has 0 spiro atoms. The highest BCUT2D eigenvalue weighted by Gasteiger charge is 2.47. The van der Waals surface area contributed by atoms with Crippen molar-refractivity contribution in [1.82, 2.24) is 0 Å². The van der Waals surface area contributed by atoms with Gasteiger partial charge in [0.1, 0.15) is 28.5 Å². The molecule has 188 valence electrons. The van der Waals surface area contributed by atoms with Gasteiger partial charge in [-0.2, -0.15) is 0 Å². The highest BCUT2D eigenvalue weighted by molar-refractivity contribution is 7.99. The van der Waals surface area contributed by atoms with Gasteiger partial charge in [0.15, 0.2) is 0 Å². The van der Waals surface area contributed by atoms with Crippen LogP contribution in [0.3, 0.4) is 0 Å². The van der Waals surface area contributed by atoms with Crippen LogP contribution in [-0.2, 0) is 16.1 Å². The predicted molar refractivity (Wildman–Crippen MR) is 162 cm³/mol. The molecule has 0 fully saturated rings. The molecule has 0 unspecified atom stereocenters. The molecule has 4 rings (SSSR count). The largest absolute Gasteiger partial charge is 0.465 e. The third-order valence-electron chi connectivity index (χ3n) is 6.19. The summed E-state index contributed by atoms with van der Waals surface area (Å²) in [7, 11) is -0.881. The van der Waals surface area contributed by atoms with E-state index in [0.29, 0.717) is 12.1 Å². The third-order valence-corrected chi connectivity index (χ3v) is 10.4. The highest BCUT2D eigenvalue weighted by atomic mass is 31.2. The Hall–Kier alpha value is -4.33. The lowest BCUT2D eigenvalue weighted by atomic mass is 10.2. The number of ether oxygens (including phenoxy) is 1. The number of benzene rings is 4. The number of rotatable bonds is 10. The van der Waals surface area contributed by atoms with E-state index in [0.717, 1.165) is 10.9 Å². The fourth-order valence-corrected chi connectivity index (χ4v) is 8.45. The van der Waals surface area contributed by atoms with Crippen LogP contribution in [0.2, 0.25) is 0 Å². The van der Waals surface area contributed by atoms with Crippen molar-refractivity contribution in [2.24, 2.45) is 4.99 Å². The maximum atomic E-state index is 12.5. The summed E-state index contributed by atoms with van der Waals surface area (Å²) in [5.41, 5.74) is 1.44. The molecular weight excluding hydrogens is 485 g/mol. The first-order chi connectivity index (χ1) is 18.7. The van der Waals surface area contributed by atoms with Gasteiger partial charge in [-0.25, -0.2) is 4.79 Å². The maximum absolute atomic E-state index is 12.5. The Morgan fingerprint density at radius 3 is 1.66 bits per heavy atom. The molecule has 0 heterocycles. The number of allylic oxidation sites excluding steroid dienone is 4. The smallest absolute Gasteiger partial charge is 0.339 e. The predicted octanol–water partition coefficient (Wildman–Crippen LogP) is 6.42. The molecule has 0 saturated carbocycles. The Morgan fingerprint density at radius 1 is 0.763 bits per heavy atom. The first-order valence-electron chi connectivity index (χ1n) is 12.4. The monoisotopic (exact) mass is 516 g/mol. The lowest BCUT2D eigenvalue weighted by Gasteiger charge is -2.27. The van der Waals surface area contributed by atoms with Crippen molar-refractivity contribution in [2.45, 2.75) is 6.54 Å². The molecule has 0 saturated heterocycles. The van der Waals surface area contributed by atoms with Crippen LogP contribution in [0, 0.1) is 0 Å². The topological polar surface area (TPSA) is 38.7 Å². The van der Waals surface area contributed by atoms with Gasteiger partial charge in [-0.1, -0.05) is 97.6 Å². The van der Waals surface area contributed by atoms with Crippen LogP contribution < -0.4 is 15.9 Å². The zero-order valence-electron chi connectivity index (χ0n) is 21.5. The molecule has 38 heavy (non-hydrogen) atoms. The summed E-state index contributed by atoms with van der Waals surface area (Å²) in [5, 5.41) is 4.62. The summed E-state index contributed by atoms with van der Waals surface area (Å²) in [6, 6.07) is 41.5. The summed E-state index contributed by atoms with van der Waals surface area (Å²) in [6.07, 6.45) is 7.18. The minimum absolute atomic E-state index is 0.371. The number of esters is 1. The molecule has 4 heteroatoms. The molecule has 0 aromatic heterocycles. The van der Waals surface area contributed by atoms with E-state index in [9.17, 15) is 4.79 Å². The van der Waals surface area contributed by atoms with Crippen LogP contribution >= 0.6 is 7.26 Å². The number of nitrogens with zero attached hydrogens (tertiary/aromatic N) is 1. The highest BCUT2D eigenvalue weighted by Crippen LogP contribution is 2.62. The van der Waals surface area contributed by atoms with Crippen molar-refractivity contribution in [3.05, 3.63) is 163 Å². The summed E-state index contributed by atoms with van der Waals surface area (Å²) in [5.74, 6) is -0.438. The summed E-state index contributed by atoms with van der Waals surface area (Å²) in [4.78, 5) is 16.9. The van der Waals surface area contributed by atoms with Crippen LogP contribution in [0.5, 0.6) is 0 Å². The fourth-order valence-electron chi connectivity index (χ4n) is 4.39. The Labute approximate surface area is 225 Å². The van der Waals surface area contributed by atoms with Crippen molar-refractivity contribution in [3.8, 4) is 0 Å². The summed E-state index contributed by atoms with van der Waals surface area (Å²) in [6.45, 7) is 5.09. The second kappa shape index (κ2) is 13.3. The molecule has 0 amide bonds. The fraction of sp³-hybridized carbons (Fsp3) is 0.0588. The summed E-state index contributed by atoms with van der Waals surface area (Å²) >= 11 is 0. The molecule has 0 N–H and O–H groups in total. The van der Waals surface area contributed by atoms with Gasteiger partial charge < -0.3 is 4.74 Å². The van der Waals surface area contributed by atoms with E-state index in [-0.39, 0.29) is 0 Å². The SMILES string of the molecule is C=C(C=C/C=C(\C=NCc1ccccc1)C(=O)OC)[P+](c1ccccc1)(c1ccccc1)c1ccccc1. The molecule has 3 nitrogen and oxygen atoms in total. The van der Waals surface area contributed by atoms with Gasteiger partial charge in [0.25, 0.3) is 0 Å². The van der Waals surface area contributed by atoms with Crippen molar-refractivity contribution in [2.75, 3.05) is 7.11 Å². The van der Waals surface area contributed by atoms with Crippen LogP contribution in [0.25, 0.3) is 0 Å². The van der Waals surface area contributed by atoms with Crippen molar-refractivity contribution in [1.29, 1.82) is 0 Å². The normalized spacial score (nSPS) is 12.1. The minimum Gasteiger partial charge on any atom is -0.465 e.